The van der Waals surface area contributed by atoms with E-state index in [0.717, 1.165) is 32.0 Å². The van der Waals surface area contributed by atoms with Crippen LogP contribution in [0, 0.1) is 5.92 Å². The molecule has 2 aliphatic heterocycles. The monoisotopic (exact) mass is 335 g/mol. The number of carbonyl (C=O) groups excluding carboxylic acids is 1. The molecule has 136 valence electrons. The van der Waals surface area contributed by atoms with Crippen LogP contribution in [0.25, 0.3) is 0 Å². The molecule has 2 amide bonds. The number of carbonyl (C=O) groups is 1. The second kappa shape index (κ2) is 7.61. The first-order chi connectivity index (χ1) is 11.8. The Morgan fingerprint density at radius 1 is 0.917 bits per heavy atom. The van der Waals surface area contributed by atoms with Crippen LogP contribution in [0.15, 0.2) is 0 Å². The van der Waals surface area contributed by atoms with Crippen molar-refractivity contribution in [3.05, 3.63) is 0 Å². The minimum Gasteiger partial charge on any atom is -0.377 e. The number of rotatable bonds is 3. The Kier molecular flexibility index (Phi) is 5.28. The summed E-state index contributed by atoms with van der Waals surface area (Å²) in [5.41, 5.74) is 0. The van der Waals surface area contributed by atoms with Crippen LogP contribution in [0.3, 0.4) is 0 Å². The Morgan fingerprint density at radius 3 is 2.38 bits per heavy atom. The number of amides is 2. The lowest BCUT2D eigenvalue weighted by Crippen LogP contribution is -2.56. The van der Waals surface area contributed by atoms with Gasteiger partial charge in [-0.1, -0.05) is 6.42 Å². The van der Waals surface area contributed by atoms with E-state index in [2.05, 4.69) is 15.1 Å². The predicted octanol–water partition coefficient (Wildman–Crippen LogP) is 2.60. The van der Waals surface area contributed by atoms with E-state index in [1.54, 1.807) is 0 Å². The van der Waals surface area contributed by atoms with Crippen LogP contribution in [0.2, 0.25) is 0 Å². The van der Waals surface area contributed by atoms with E-state index >= 15 is 0 Å². The van der Waals surface area contributed by atoms with Crippen molar-refractivity contribution in [1.82, 2.24) is 15.1 Å². The van der Waals surface area contributed by atoms with Gasteiger partial charge >= 0.3 is 6.03 Å². The fourth-order valence-electron chi connectivity index (χ4n) is 4.87. The van der Waals surface area contributed by atoms with Gasteiger partial charge in [-0.05, 0) is 70.4 Å². The fourth-order valence-corrected chi connectivity index (χ4v) is 4.87. The lowest BCUT2D eigenvalue weighted by molar-refractivity contribution is 0.00359. The minimum absolute atomic E-state index is 0.164. The van der Waals surface area contributed by atoms with Gasteiger partial charge in [0.1, 0.15) is 0 Å². The SMILES string of the molecule is O=C(NC1CCC(N2CCCCC2)CC1)N1CCOC[C@H]1C1CC1. The van der Waals surface area contributed by atoms with Crippen LogP contribution in [0.1, 0.15) is 57.8 Å². The third-order valence-corrected chi connectivity index (χ3v) is 6.52. The van der Waals surface area contributed by atoms with Crippen LogP contribution in [0.5, 0.6) is 0 Å². The molecule has 2 saturated carbocycles. The van der Waals surface area contributed by atoms with Crippen molar-refractivity contribution in [2.75, 3.05) is 32.8 Å². The Hall–Kier alpha value is -0.810. The van der Waals surface area contributed by atoms with Crippen LogP contribution in [0.4, 0.5) is 4.79 Å². The predicted molar refractivity (Wildman–Crippen MR) is 94.0 cm³/mol. The molecule has 4 fully saturated rings. The van der Waals surface area contributed by atoms with Gasteiger partial charge in [-0.2, -0.15) is 0 Å². The molecular formula is C19H33N3O2. The maximum Gasteiger partial charge on any atom is 0.318 e. The molecule has 0 bridgehead atoms. The zero-order valence-corrected chi connectivity index (χ0v) is 14.9. The molecule has 0 spiro atoms. The average Bonchev–Trinajstić information content (AvgIpc) is 3.48. The number of likely N-dealkylation sites (tertiary alicyclic amines) is 1. The molecule has 5 heteroatoms. The highest BCUT2D eigenvalue weighted by Gasteiger charge is 2.40. The summed E-state index contributed by atoms with van der Waals surface area (Å²) >= 11 is 0. The normalized spacial score (nSPS) is 35.7. The fraction of sp³-hybridized carbons (Fsp3) is 0.947. The van der Waals surface area contributed by atoms with Gasteiger partial charge in [-0.25, -0.2) is 4.79 Å². The number of nitrogens with one attached hydrogen (secondary N) is 1. The molecule has 1 N–H and O–H groups in total. The molecule has 5 nitrogen and oxygen atoms in total. The quantitative estimate of drug-likeness (QED) is 0.862. The van der Waals surface area contributed by atoms with Crippen molar-refractivity contribution in [3.63, 3.8) is 0 Å². The van der Waals surface area contributed by atoms with Gasteiger partial charge in [0.15, 0.2) is 0 Å². The van der Waals surface area contributed by atoms with E-state index in [0.29, 0.717) is 24.6 Å². The van der Waals surface area contributed by atoms with Crippen LogP contribution in [-0.4, -0.2) is 66.8 Å². The van der Waals surface area contributed by atoms with Gasteiger partial charge in [0.2, 0.25) is 0 Å². The van der Waals surface area contributed by atoms with Gasteiger partial charge in [0.05, 0.1) is 19.3 Å². The third kappa shape index (κ3) is 3.88. The summed E-state index contributed by atoms with van der Waals surface area (Å²) in [6.07, 6.45) is 11.5. The summed E-state index contributed by atoms with van der Waals surface area (Å²) in [5, 5.41) is 3.34. The Morgan fingerprint density at radius 2 is 1.67 bits per heavy atom. The van der Waals surface area contributed by atoms with Crippen LogP contribution >= 0.6 is 0 Å². The van der Waals surface area contributed by atoms with Crippen LogP contribution < -0.4 is 5.32 Å². The summed E-state index contributed by atoms with van der Waals surface area (Å²) in [4.78, 5) is 17.5. The molecule has 2 aliphatic carbocycles. The van der Waals surface area contributed by atoms with Crippen molar-refractivity contribution in [1.29, 1.82) is 0 Å². The number of hydrogen-bond acceptors (Lipinski definition) is 3. The Bertz CT molecular complexity index is 426. The van der Waals surface area contributed by atoms with E-state index in [-0.39, 0.29) is 6.03 Å². The van der Waals surface area contributed by atoms with E-state index in [1.807, 2.05) is 0 Å². The van der Waals surface area contributed by atoms with Gasteiger partial charge < -0.3 is 19.9 Å². The summed E-state index contributed by atoms with van der Waals surface area (Å²) in [5.74, 6) is 0.686. The van der Waals surface area contributed by atoms with Crippen molar-refractivity contribution in [2.45, 2.75) is 75.9 Å². The summed E-state index contributed by atoms with van der Waals surface area (Å²) < 4.78 is 5.61. The molecule has 0 unspecified atom stereocenters. The molecule has 2 saturated heterocycles. The Balaban J connectivity index is 1.24. The molecule has 0 aromatic rings. The minimum atomic E-state index is 0.164. The molecule has 4 aliphatic rings. The number of urea groups is 1. The third-order valence-electron chi connectivity index (χ3n) is 6.52. The van der Waals surface area contributed by atoms with Crippen LogP contribution in [-0.2, 0) is 4.74 Å². The smallest absolute Gasteiger partial charge is 0.318 e. The first kappa shape index (κ1) is 16.6. The van der Waals surface area contributed by atoms with Crippen molar-refractivity contribution < 1.29 is 9.53 Å². The average molecular weight is 335 g/mol. The zero-order chi connectivity index (χ0) is 16.4. The lowest BCUT2D eigenvalue weighted by atomic mass is 9.89. The number of ether oxygens (including phenoxy) is 1. The zero-order valence-electron chi connectivity index (χ0n) is 14.9. The maximum absolute atomic E-state index is 12.7. The van der Waals surface area contributed by atoms with E-state index in [4.69, 9.17) is 4.74 Å². The lowest BCUT2D eigenvalue weighted by Gasteiger charge is -2.40. The van der Waals surface area contributed by atoms with Crippen molar-refractivity contribution in [2.24, 2.45) is 5.92 Å². The first-order valence-electron chi connectivity index (χ1n) is 10.2. The molecular weight excluding hydrogens is 302 g/mol. The first-order valence-corrected chi connectivity index (χ1v) is 10.2. The van der Waals surface area contributed by atoms with Gasteiger partial charge in [0, 0.05) is 18.6 Å². The van der Waals surface area contributed by atoms with Gasteiger partial charge in [-0.15, -0.1) is 0 Å². The molecule has 0 aromatic heterocycles. The molecule has 1 atom stereocenters. The summed E-state index contributed by atoms with van der Waals surface area (Å²) in [6, 6.07) is 1.63. The largest absolute Gasteiger partial charge is 0.377 e. The second-order valence-electron chi connectivity index (χ2n) is 8.22. The standard InChI is InChI=1S/C19H33N3O2/c23-19(22-12-13-24-14-18(22)15-4-5-15)20-16-6-8-17(9-7-16)21-10-2-1-3-11-21/h15-18H,1-14H2,(H,20,23)/t16?,17?,18-/m0/s1. The van der Waals surface area contributed by atoms with E-state index in [1.165, 1.54) is 58.0 Å². The number of morpholine rings is 1. The highest BCUT2D eigenvalue weighted by atomic mass is 16.5. The van der Waals surface area contributed by atoms with E-state index in [9.17, 15) is 4.79 Å². The molecule has 4 rings (SSSR count). The number of nitrogens with zero attached hydrogens (tertiary/aromatic N) is 2. The number of piperidine rings is 1. The Labute approximate surface area is 146 Å². The highest BCUT2D eigenvalue weighted by molar-refractivity contribution is 5.75. The molecule has 24 heavy (non-hydrogen) atoms. The number of hydrogen-bond donors (Lipinski definition) is 1. The van der Waals surface area contributed by atoms with Crippen molar-refractivity contribution in [3.8, 4) is 0 Å². The second-order valence-corrected chi connectivity index (χ2v) is 8.22. The van der Waals surface area contributed by atoms with Gasteiger partial charge in [-0.3, -0.25) is 0 Å². The summed E-state index contributed by atoms with van der Waals surface area (Å²) in [6.45, 7) is 4.77. The van der Waals surface area contributed by atoms with Crippen molar-refractivity contribution >= 4 is 6.03 Å². The molecule has 2 heterocycles. The highest BCUT2D eigenvalue weighted by Crippen LogP contribution is 2.36. The summed E-state index contributed by atoms with van der Waals surface area (Å²) in [7, 11) is 0. The topological polar surface area (TPSA) is 44.8 Å². The van der Waals surface area contributed by atoms with Gasteiger partial charge in [0.25, 0.3) is 0 Å². The van der Waals surface area contributed by atoms with E-state index < -0.39 is 0 Å². The maximum atomic E-state index is 12.7. The molecule has 0 aromatic carbocycles. The molecule has 0 radical (unpaired) electrons.